The molecule has 1 aliphatic heterocycles. The van der Waals surface area contributed by atoms with E-state index in [1.165, 1.54) is 5.56 Å². The second kappa shape index (κ2) is 10.1. The second-order valence-corrected chi connectivity index (χ2v) is 7.75. The average molecular weight is 422 g/mol. The molecule has 0 saturated carbocycles. The molecule has 7 heteroatoms. The van der Waals surface area contributed by atoms with Crippen LogP contribution in [0, 0.1) is 0 Å². The quantitative estimate of drug-likeness (QED) is 0.619. The Hall–Kier alpha value is -1.82. The van der Waals surface area contributed by atoms with E-state index in [2.05, 4.69) is 22.9 Å². The number of nitrogens with zero attached hydrogens (tertiary/aromatic N) is 3. The zero-order chi connectivity index (χ0) is 19.9. The monoisotopic (exact) mass is 421 g/mol. The summed E-state index contributed by atoms with van der Waals surface area (Å²) in [6, 6.07) is 9.50. The molecule has 0 aliphatic carbocycles. The Morgan fingerprint density at radius 1 is 1.21 bits per heavy atom. The highest BCUT2D eigenvalue weighted by molar-refractivity contribution is 6.35. The number of carbonyl (C=O) groups is 1. The van der Waals surface area contributed by atoms with Crippen molar-refractivity contribution in [1.82, 2.24) is 14.8 Å². The maximum atomic E-state index is 12.5. The van der Waals surface area contributed by atoms with Crippen molar-refractivity contribution in [3.63, 3.8) is 0 Å². The number of hydrogen-bond acceptors (Lipinski definition) is 4. The molecule has 3 rings (SSSR count). The first kappa shape index (κ1) is 20.9. The van der Waals surface area contributed by atoms with Gasteiger partial charge in [-0.1, -0.05) is 29.3 Å². The van der Waals surface area contributed by atoms with E-state index < -0.39 is 0 Å². The lowest BCUT2D eigenvalue weighted by Crippen LogP contribution is -2.49. The van der Waals surface area contributed by atoms with Gasteiger partial charge in [-0.3, -0.25) is 14.7 Å². The van der Waals surface area contributed by atoms with Crippen molar-refractivity contribution in [2.24, 2.45) is 0 Å². The molecule has 150 valence electrons. The molecule has 0 spiro atoms. The fourth-order valence-electron chi connectivity index (χ4n) is 3.35. The van der Waals surface area contributed by atoms with E-state index in [0.29, 0.717) is 41.3 Å². The van der Waals surface area contributed by atoms with Crippen LogP contribution < -0.4 is 4.74 Å². The van der Waals surface area contributed by atoms with E-state index in [0.717, 1.165) is 26.2 Å². The molecule has 0 bridgehead atoms. The molecule has 2 aromatic rings. The fourth-order valence-corrected chi connectivity index (χ4v) is 3.81. The molecule has 28 heavy (non-hydrogen) atoms. The Bertz CT molecular complexity index is 780. The lowest BCUT2D eigenvalue weighted by atomic mass is 10.1. The first-order valence-corrected chi connectivity index (χ1v) is 10.3. The first-order valence-electron chi connectivity index (χ1n) is 9.54. The Labute approximate surface area is 176 Å². The third kappa shape index (κ3) is 5.60. The van der Waals surface area contributed by atoms with E-state index in [9.17, 15) is 4.79 Å². The molecule has 1 fully saturated rings. The number of carbonyl (C=O) groups excluding carboxylic acids is 1. The molecule has 2 heterocycles. The summed E-state index contributed by atoms with van der Waals surface area (Å²) in [4.78, 5) is 21.0. The Morgan fingerprint density at radius 3 is 2.68 bits per heavy atom. The molecule has 5 nitrogen and oxygen atoms in total. The van der Waals surface area contributed by atoms with E-state index in [1.54, 1.807) is 24.4 Å². The molecule has 1 saturated heterocycles. The summed E-state index contributed by atoms with van der Waals surface area (Å²) >= 11 is 12.0. The molecule has 1 atom stereocenters. The topological polar surface area (TPSA) is 45.7 Å². The number of rotatable bonds is 7. The third-order valence-electron chi connectivity index (χ3n) is 5.07. The second-order valence-electron chi connectivity index (χ2n) is 6.91. The van der Waals surface area contributed by atoms with Gasteiger partial charge in [-0.2, -0.15) is 0 Å². The standard InChI is InChI=1S/C21H25Cl2N3O2/c1-16(17-4-2-8-24-15-17)25-9-11-26(12-10-25)21(27)5-3-13-28-20-7-6-18(22)14-19(20)23/h2,4,6-8,14-16H,3,5,9-13H2,1H3. The SMILES string of the molecule is CC(c1cccnc1)N1CCN(C(=O)CCCOc2ccc(Cl)cc2Cl)CC1. The Morgan fingerprint density at radius 2 is 2.00 bits per heavy atom. The molecule has 0 N–H and O–H groups in total. The van der Waals surface area contributed by atoms with Gasteiger partial charge >= 0.3 is 0 Å². The number of benzene rings is 1. The van der Waals surface area contributed by atoms with Crippen LogP contribution in [0.25, 0.3) is 0 Å². The Kier molecular flexibility index (Phi) is 7.54. The molecule has 1 amide bonds. The van der Waals surface area contributed by atoms with Gasteiger partial charge in [-0.25, -0.2) is 0 Å². The van der Waals surface area contributed by atoms with Crippen molar-refractivity contribution in [3.05, 3.63) is 58.3 Å². The zero-order valence-corrected chi connectivity index (χ0v) is 17.5. The van der Waals surface area contributed by atoms with Crippen molar-refractivity contribution < 1.29 is 9.53 Å². The summed E-state index contributed by atoms with van der Waals surface area (Å²) < 4.78 is 5.65. The average Bonchev–Trinajstić information content (AvgIpc) is 2.72. The number of hydrogen-bond donors (Lipinski definition) is 0. The van der Waals surface area contributed by atoms with Crippen molar-refractivity contribution in [2.45, 2.75) is 25.8 Å². The van der Waals surface area contributed by atoms with Gasteiger partial charge in [0.2, 0.25) is 5.91 Å². The van der Waals surface area contributed by atoms with Crippen LogP contribution >= 0.6 is 23.2 Å². The Balaban J connectivity index is 1.38. The highest BCUT2D eigenvalue weighted by Crippen LogP contribution is 2.27. The van der Waals surface area contributed by atoms with Gasteiger partial charge in [0.25, 0.3) is 0 Å². The van der Waals surface area contributed by atoms with Crippen LogP contribution in [0.2, 0.25) is 10.0 Å². The van der Waals surface area contributed by atoms with Crippen LogP contribution in [0.5, 0.6) is 5.75 Å². The normalized spacial score (nSPS) is 16.0. The number of halogens is 2. The summed E-state index contributed by atoms with van der Waals surface area (Å²) in [5.74, 6) is 0.774. The largest absolute Gasteiger partial charge is 0.492 e. The van der Waals surface area contributed by atoms with Gasteiger partial charge in [-0.05, 0) is 43.2 Å². The maximum absolute atomic E-state index is 12.5. The van der Waals surface area contributed by atoms with Crippen LogP contribution in [0.1, 0.15) is 31.4 Å². The van der Waals surface area contributed by atoms with Gasteiger partial charge in [-0.15, -0.1) is 0 Å². The number of aromatic nitrogens is 1. The highest BCUT2D eigenvalue weighted by atomic mass is 35.5. The molecule has 0 radical (unpaired) electrons. The summed E-state index contributed by atoms with van der Waals surface area (Å²) in [5, 5.41) is 1.06. The van der Waals surface area contributed by atoms with Crippen LogP contribution in [0.15, 0.2) is 42.7 Å². The van der Waals surface area contributed by atoms with Crippen LogP contribution in [0.3, 0.4) is 0 Å². The molecular weight excluding hydrogens is 397 g/mol. The summed E-state index contributed by atoms with van der Waals surface area (Å²) in [7, 11) is 0. The molecule has 1 aromatic carbocycles. The van der Waals surface area contributed by atoms with Crippen molar-refractivity contribution in [3.8, 4) is 5.75 Å². The van der Waals surface area contributed by atoms with Crippen LogP contribution in [-0.2, 0) is 4.79 Å². The summed E-state index contributed by atoms with van der Waals surface area (Å²) in [6.07, 6.45) is 4.83. The van der Waals surface area contributed by atoms with Gasteiger partial charge in [0.15, 0.2) is 0 Å². The van der Waals surface area contributed by atoms with E-state index in [-0.39, 0.29) is 5.91 Å². The highest BCUT2D eigenvalue weighted by Gasteiger charge is 2.24. The number of pyridine rings is 1. The maximum Gasteiger partial charge on any atom is 0.222 e. The van der Waals surface area contributed by atoms with E-state index in [4.69, 9.17) is 27.9 Å². The zero-order valence-electron chi connectivity index (χ0n) is 16.0. The first-order chi connectivity index (χ1) is 13.5. The summed E-state index contributed by atoms with van der Waals surface area (Å²) in [5.41, 5.74) is 1.21. The molecule has 1 unspecified atom stereocenters. The number of piperazine rings is 1. The van der Waals surface area contributed by atoms with Crippen LogP contribution in [0.4, 0.5) is 0 Å². The fraction of sp³-hybridized carbons (Fsp3) is 0.429. The minimum absolute atomic E-state index is 0.180. The molecule has 1 aromatic heterocycles. The van der Waals surface area contributed by atoms with Gasteiger partial charge < -0.3 is 9.64 Å². The molecular formula is C21H25Cl2N3O2. The van der Waals surface area contributed by atoms with Crippen LogP contribution in [-0.4, -0.2) is 53.5 Å². The predicted octanol–water partition coefficient (Wildman–Crippen LogP) is 4.45. The molecule has 1 aliphatic rings. The van der Waals surface area contributed by atoms with Gasteiger partial charge in [0, 0.05) is 56.1 Å². The van der Waals surface area contributed by atoms with Gasteiger partial charge in [0.05, 0.1) is 11.6 Å². The lowest BCUT2D eigenvalue weighted by Gasteiger charge is -2.38. The van der Waals surface area contributed by atoms with E-state index >= 15 is 0 Å². The van der Waals surface area contributed by atoms with Gasteiger partial charge in [0.1, 0.15) is 5.75 Å². The number of amides is 1. The van der Waals surface area contributed by atoms with Crippen molar-refractivity contribution >= 4 is 29.1 Å². The van der Waals surface area contributed by atoms with E-state index in [1.807, 2.05) is 17.2 Å². The minimum atomic E-state index is 0.180. The smallest absolute Gasteiger partial charge is 0.222 e. The van der Waals surface area contributed by atoms with Crippen molar-refractivity contribution in [1.29, 1.82) is 0 Å². The summed E-state index contributed by atoms with van der Waals surface area (Å²) in [6.45, 7) is 5.90. The minimum Gasteiger partial charge on any atom is -0.492 e. The number of ether oxygens (including phenoxy) is 1. The predicted molar refractivity (Wildman–Crippen MR) is 112 cm³/mol. The van der Waals surface area contributed by atoms with Crippen molar-refractivity contribution in [2.75, 3.05) is 32.8 Å². The lowest BCUT2D eigenvalue weighted by molar-refractivity contribution is -0.133. The third-order valence-corrected chi connectivity index (χ3v) is 5.60.